The van der Waals surface area contributed by atoms with Crippen LogP contribution >= 0.6 is 23.2 Å². The molecular weight excluding hydrogens is 384 g/mol. The summed E-state index contributed by atoms with van der Waals surface area (Å²) in [6, 6.07) is 3.32. The van der Waals surface area contributed by atoms with E-state index in [2.05, 4.69) is 5.10 Å². The van der Waals surface area contributed by atoms with Crippen LogP contribution in [0.5, 0.6) is 0 Å². The highest BCUT2D eigenvalue weighted by molar-refractivity contribution is 6.38. The molecule has 0 aliphatic carbocycles. The highest BCUT2D eigenvalue weighted by Crippen LogP contribution is 2.41. The van der Waals surface area contributed by atoms with E-state index in [0.29, 0.717) is 10.7 Å². The predicted octanol–water partition coefficient (Wildman–Crippen LogP) is 3.83. The number of nitrogen functional groups attached to an aromatic ring is 1. The van der Waals surface area contributed by atoms with E-state index in [1.54, 1.807) is 6.07 Å². The Kier molecular flexibility index (Phi) is 5.15. The SMILES string of the molecule is CCOC(=O)c1nn(-c2c(Cl)ccc(C(F)(F)F)c2Cl)c(N)c1C#N. The van der Waals surface area contributed by atoms with E-state index in [9.17, 15) is 18.0 Å². The van der Waals surface area contributed by atoms with Crippen LogP contribution in [-0.2, 0) is 10.9 Å². The summed E-state index contributed by atoms with van der Waals surface area (Å²) in [5.41, 5.74) is 3.37. The van der Waals surface area contributed by atoms with Crippen molar-refractivity contribution < 1.29 is 22.7 Å². The molecule has 2 N–H and O–H groups in total. The van der Waals surface area contributed by atoms with E-state index in [1.165, 1.54) is 6.92 Å². The Hall–Kier alpha value is -2.44. The predicted molar refractivity (Wildman–Crippen MR) is 83.7 cm³/mol. The number of ether oxygens (including phenoxy) is 1. The number of carbonyl (C=O) groups excluding carboxylic acids is 1. The van der Waals surface area contributed by atoms with Crippen molar-refractivity contribution in [1.82, 2.24) is 9.78 Å². The average molecular weight is 393 g/mol. The summed E-state index contributed by atoms with van der Waals surface area (Å²) in [5.74, 6) is -1.35. The lowest BCUT2D eigenvalue weighted by atomic mass is 10.2. The van der Waals surface area contributed by atoms with Crippen LogP contribution in [0.3, 0.4) is 0 Å². The summed E-state index contributed by atoms with van der Waals surface area (Å²) in [4.78, 5) is 11.9. The fourth-order valence-corrected chi connectivity index (χ4v) is 2.65. The van der Waals surface area contributed by atoms with Crippen LogP contribution in [0, 0.1) is 11.3 Å². The Morgan fingerprint density at radius 2 is 2.08 bits per heavy atom. The quantitative estimate of drug-likeness (QED) is 0.800. The first-order valence-electron chi connectivity index (χ1n) is 6.64. The summed E-state index contributed by atoms with van der Waals surface area (Å²) in [6.07, 6.45) is -4.75. The Balaban J connectivity index is 2.76. The van der Waals surface area contributed by atoms with E-state index in [-0.39, 0.29) is 17.2 Å². The molecule has 0 aliphatic heterocycles. The van der Waals surface area contributed by atoms with E-state index >= 15 is 0 Å². The number of benzene rings is 1. The van der Waals surface area contributed by atoms with Crippen LogP contribution < -0.4 is 5.73 Å². The van der Waals surface area contributed by atoms with E-state index in [0.717, 1.165) is 6.07 Å². The maximum atomic E-state index is 13.0. The van der Waals surface area contributed by atoms with Gasteiger partial charge in [0, 0.05) is 0 Å². The molecule has 1 aromatic heterocycles. The van der Waals surface area contributed by atoms with Gasteiger partial charge in [-0.2, -0.15) is 23.5 Å². The molecule has 0 unspecified atom stereocenters. The fraction of sp³-hybridized carbons (Fsp3) is 0.214. The second kappa shape index (κ2) is 6.82. The standard InChI is InChI=1S/C14H9Cl2F3N4O2/c1-2-25-13(24)10-6(5-20)12(21)23(22-10)11-8(15)4-3-7(9(11)16)14(17,18)19/h3-4H,2,21H2,1H3. The number of carbonyl (C=O) groups is 1. The summed E-state index contributed by atoms with van der Waals surface area (Å²) in [5, 5.41) is 12.0. The summed E-state index contributed by atoms with van der Waals surface area (Å²) in [7, 11) is 0. The smallest absolute Gasteiger partial charge is 0.417 e. The molecule has 1 heterocycles. The van der Waals surface area contributed by atoms with Crippen LogP contribution in [0.15, 0.2) is 12.1 Å². The molecule has 0 aliphatic rings. The zero-order valence-electron chi connectivity index (χ0n) is 12.5. The topological polar surface area (TPSA) is 93.9 Å². The van der Waals surface area contributed by atoms with Crippen molar-refractivity contribution in [3.05, 3.63) is 39.0 Å². The lowest BCUT2D eigenvalue weighted by Crippen LogP contribution is -2.11. The number of rotatable bonds is 3. The summed E-state index contributed by atoms with van der Waals surface area (Å²) < 4.78 is 44.6. The van der Waals surface area contributed by atoms with Gasteiger partial charge in [-0.15, -0.1) is 0 Å². The minimum atomic E-state index is -4.75. The Morgan fingerprint density at radius 1 is 1.44 bits per heavy atom. The molecule has 0 atom stereocenters. The molecule has 6 nitrogen and oxygen atoms in total. The van der Waals surface area contributed by atoms with Crippen molar-refractivity contribution in [2.45, 2.75) is 13.1 Å². The van der Waals surface area contributed by atoms with Crippen molar-refractivity contribution >= 4 is 35.0 Å². The number of nitriles is 1. The number of esters is 1. The number of hydrogen-bond acceptors (Lipinski definition) is 5. The zero-order chi connectivity index (χ0) is 18.9. The van der Waals surface area contributed by atoms with Crippen molar-refractivity contribution in [3.63, 3.8) is 0 Å². The molecule has 0 saturated carbocycles. The minimum Gasteiger partial charge on any atom is -0.461 e. The van der Waals surface area contributed by atoms with Gasteiger partial charge in [-0.3, -0.25) is 0 Å². The maximum Gasteiger partial charge on any atom is 0.417 e. The van der Waals surface area contributed by atoms with Gasteiger partial charge in [0.1, 0.15) is 23.1 Å². The average Bonchev–Trinajstić information content (AvgIpc) is 2.83. The number of hydrogen-bond donors (Lipinski definition) is 1. The van der Waals surface area contributed by atoms with Gasteiger partial charge in [-0.25, -0.2) is 9.48 Å². The Labute approximate surface area is 149 Å². The molecular formula is C14H9Cl2F3N4O2. The third-order valence-corrected chi connectivity index (χ3v) is 3.77. The van der Waals surface area contributed by atoms with Gasteiger partial charge in [0.05, 0.1) is 22.2 Å². The van der Waals surface area contributed by atoms with Crippen LogP contribution in [0.4, 0.5) is 19.0 Å². The second-order valence-corrected chi connectivity index (χ2v) is 5.39. The largest absolute Gasteiger partial charge is 0.461 e. The van der Waals surface area contributed by atoms with Gasteiger partial charge in [0.2, 0.25) is 0 Å². The fourth-order valence-electron chi connectivity index (χ4n) is 2.01. The molecule has 0 saturated heterocycles. The first-order chi connectivity index (χ1) is 11.6. The van der Waals surface area contributed by atoms with Gasteiger partial charge in [-0.1, -0.05) is 23.2 Å². The normalized spacial score (nSPS) is 11.2. The lowest BCUT2D eigenvalue weighted by molar-refractivity contribution is -0.137. The van der Waals surface area contributed by atoms with Gasteiger partial charge in [-0.05, 0) is 19.1 Å². The number of aromatic nitrogens is 2. The molecule has 11 heteroatoms. The summed E-state index contributed by atoms with van der Waals surface area (Å²) >= 11 is 11.8. The van der Waals surface area contributed by atoms with E-state index < -0.39 is 39.9 Å². The molecule has 0 radical (unpaired) electrons. The number of nitrogens with two attached hydrogens (primary N) is 1. The van der Waals surface area contributed by atoms with Gasteiger partial charge in [0.25, 0.3) is 0 Å². The Morgan fingerprint density at radius 3 is 2.60 bits per heavy atom. The Bertz CT molecular complexity index is 888. The monoisotopic (exact) mass is 392 g/mol. The number of alkyl halides is 3. The lowest BCUT2D eigenvalue weighted by Gasteiger charge is -2.14. The highest BCUT2D eigenvalue weighted by Gasteiger charge is 2.36. The highest BCUT2D eigenvalue weighted by atomic mass is 35.5. The number of nitrogens with zero attached hydrogens (tertiary/aromatic N) is 3. The van der Waals surface area contributed by atoms with Crippen molar-refractivity contribution in [2.75, 3.05) is 12.3 Å². The summed E-state index contributed by atoms with van der Waals surface area (Å²) in [6.45, 7) is 1.53. The minimum absolute atomic E-state index is 0.00153. The van der Waals surface area contributed by atoms with Crippen molar-refractivity contribution in [2.24, 2.45) is 0 Å². The molecule has 2 rings (SSSR count). The molecule has 25 heavy (non-hydrogen) atoms. The van der Waals surface area contributed by atoms with Gasteiger partial charge >= 0.3 is 12.1 Å². The van der Waals surface area contributed by atoms with E-state index in [4.69, 9.17) is 38.9 Å². The first-order valence-corrected chi connectivity index (χ1v) is 7.40. The van der Waals surface area contributed by atoms with Crippen LogP contribution in [-0.4, -0.2) is 22.4 Å². The van der Waals surface area contributed by atoms with Crippen molar-refractivity contribution in [3.8, 4) is 11.8 Å². The van der Waals surface area contributed by atoms with Crippen LogP contribution in [0.25, 0.3) is 5.69 Å². The molecule has 132 valence electrons. The number of halogens is 5. The molecule has 1 aromatic carbocycles. The third-order valence-electron chi connectivity index (χ3n) is 3.09. The molecule has 0 spiro atoms. The van der Waals surface area contributed by atoms with Crippen LogP contribution in [0.2, 0.25) is 10.0 Å². The first kappa shape index (κ1) is 18.9. The molecule has 0 bridgehead atoms. The molecule has 0 amide bonds. The van der Waals surface area contributed by atoms with Gasteiger partial charge in [0.15, 0.2) is 5.69 Å². The second-order valence-electron chi connectivity index (χ2n) is 4.61. The molecule has 2 aromatic rings. The number of anilines is 1. The maximum absolute atomic E-state index is 13.0. The third kappa shape index (κ3) is 3.36. The van der Waals surface area contributed by atoms with E-state index in [1.807, 2.05) is 0 Å². The molecule has 0 fully saturated rings. The van der Waals surface area contributed by atoms with Crippen molar-refractivity contribution in [1.29, 1.82) is 5.26 Å². The zero-order valence-corrected chi connectivity index (χ0v) is 14.0. The van der Waals surface area contributed by atoms with Crippen LogP contribution in [0.1, 0.15) is 28.5 Å². The van der Waals surface area contributed by atoms with Gasteiger partial charge < -0.3 is 10.5 Å².